The second kappa shape index (κ2) is 11.8. The van der Waals surface area contributed by atoms with Gasteiger partial charge in [-0.05, 0) is 36.7 Å². The van der Waals surface area contributed by atoms with Gasteiger partial charge in [-0.2, -0.15) is 0 Å². The molecule has 1 aliphatic heterocycles. The number of rotatable bonds is 9. The van der Waals surface area contributed by atoms with Crippen LogP contribution in [-0.2, 0) is 16.0 Å². The fourth-order valence-corrected chi connectivity index (χ4v) is 4.38. The zero-order valence-corrected chi connectivity index (χ0v) is 19.6. The molecule has 0 aliphatic carbocycles. The van der Waals surface area contributed by atoms with Crippen LogP contribution in [0.25, 0.3) is 0 Å². The molecule has 1 heterocycles. The highest BCUT2D eigenvalue weighted by Gasteiger charge is 2.32. The smallest absolute Gasteiger partial charge is 0.244 e. The minimum atomic E-state index is -0.258. The van der Waals surface area contributed by atoms with Gasteiger partial charge < -0.3 is 10.2 Å². The van der Waals surface area contributed by atoms with E-state index in [1.54, 1.807) is 0 Å². The van der Waals surface area contributed by atoms with Gasteiger partial charge in [0.1, 0.15) is 6.04 Å². The Balaban J connectivity index is 1.58. The molecule has 1 atom stereocenters. The highest BCUT2D eigenvalue weighted by molar-refractivity contribution is 5.93. The molecule has 6 nitrogen and oxygen atoms in total. The molecule has 6 heteroatoms. The molecule has 1 fully saturated rings. The quantitative estimate of drug-likeness (QED) is 0.655. The lowest BCUT2D eigenvalue weighted by molar-refractivity contribution is -0.139. The van der Waals surface area contributed by atoms with E-state index in [1.807, 2.05) is 59.5 Å². The Bertz CT molecular complexity index is 874. The summed E-state index contributed by atoms with van der Waals surface area (Å²) in [6.45, 7) is 11.0. The molecule has 0 bridgehead atoms. The van der Waals surface area contributed by atoms with Gasteiger partial charge in [-0.15, -0.1) is 0 Å². The van der Waals surface area contributed by atoms with Crippen molar-refractivity contribution in [2.24, 2.45) is 0 Å². The number of hydrogen-bond donors (Lipinski definition) is 1. The van der Waals surface area contributed by atoms with Gasteiger partial charge in [0, 0.05) is 31.9 Å². The summed E-state index contributed by atoms with van der Waals surface area (Å²) in [5.74, 6) is 0.150. The van der Waals surface area contributed by atoms with Crippen molar-refractivity contribution in [1.29, 1.82) is 0 Å². The third kappa shape index (κ3) is 5.96. The Morgan fingerprint density at radius 3 is 2.16 bits per heavy atom. The maximum atomic E-state index is 13.5. The van der Waals surface area contributed by atoms with Gasteiger partial charge in [0.15, 0.2) is 0 Å². The predicted molar refractivity (Wildman–Crippen MR) is 130 cm³/mol. The van der Waals surface area contributed by atoms with E-state index in [-0.39, 0.29) is 17.9 Å². The van der Waals surface area contributed by atoms with E-state index in [2.05, 4.69) is 35.9 Å². The summed E-state index contributed by atoms with van der Waals surface area (Å²) >= 11 is 0. The van der Waals surface area contributed by atoms with Gasteiger partial charge in [0.25, 0.3) is 0 Å². The first-order chi connectivity index (χ1) is 15.6. The minimum Gasteiger partial charge on any atom is -0.338 e. The van der Waals surface area contributed by atoms with Crippen LogP contribution in [0.3, 0.4) is 0 Å². The van der Waals surface area contributed by atoms with Crippen LogP contribution in [0.5, 0.6) is 0 Å². The number of nitrogens with one attached hydrogen (secondary N) is 1. The van der Waals surface area contributed by atoms with Crippen LogP contribution in [-0.4, -0.2) is 72.3 Å². The highest BCUT2D eigenvalue weighted by atomic mass is 16.2. The molecule has 1 unspecified atom stereocenters. The summed E-state index contributed by atoms with van der Waals surface area (Å²) in [6.07, 6.45) is 0.881. The first-order valence-electron chi connectivity index (χ1n) is 11.7. The number of nitrogens with zero attached hydrogens (tertiary/aromatic N) is 3. The largest absolute Gasteiger partial charge is 0.338 e. The summed E-state index contributed by atoms with van der Waals surface area (Å²) in [7, 11) is 0. The number of carbonyl (C=O) groups is 2. The van der Waals surface area contributed by atoms with Crippen LogP contribution in [0.15, 0.2) is 54.6 Å². The third-order valence-electron chi connectivity index (χ3n) is 6.25. The van der Waals surface area contributed by atoms with Gasteiger partial charge in [-0.3, -0.25) is 19.4 Å². The number of aryl methyl sites for hydroxylation is 1. The van der Waals surface area contributed by atoms with Crippen molar-refractivity contribution in [1.82, 2.24) is 14.7 Å². The van der Waals surface area contributed by atoms with Crippen LogP contribution in [0, 0.1) is 0 Å². The number of hydrogen-bond acceptors (Lipinski definition) is 4. The summed E-state index contributed by atoms with van der Waals surface area (Å²) in [5.41, 5.74) is 3.07. The average molecular weight is 437 g/mol. The van der Waals surface area contributed by atoms with Crippen LogP contribution < -0.4 is 5.32 Å². The summed E-state index contributed by atoms with van der Waals surface area (Å²) in [6, 6.07) is 17.7. The Kier molecular flexibility index (Phi) is 8.82. The molecule has 2 amide bonds. The van der Waals surface area contributed by atoms with Crippen molar-refractivity contribution < 1.29 is 9.59 Å². The SMILES string of the molecule is CCc1ccccc1NC(=O)CN1CCN(C(=O)C(c2ccccc2)N(CC)CC)CC1. The van der Waals surface area contributed by atoms with Gasteiger partial charge >= 0.3 is 0 Å². The van der Waals surface area contributed by atoms with E-state index >= 15 is 0 Å². The lowest BCUT2D eigenvalue weighted by atomic mass is 10.0. The number of anilines is 1. The maximum absolute atomic E-state index is 13.5. The van der Waals surface area contributed by atoms with Crippen molar-refractivity contribution in [2.75, 3.05) is 51.1 Å². The predicted octanol–water partition coefficient (Wildman–Crippen LogP) is 3.41. The monoisotopic (exact) mass is 436 g/mol. The molecule has 0 spiro atoms. The number of piperazine rings is 1. The molecular weight excluding hydrogens is 400 g/mol. The zero-order chi connectivity index (χ0) is 22.9. The Labute approximate surface area is 192 Å². The second-order valence-electron chi connectivity index (χ2n) is 8.19. The molecule has 32 heavy (non-hydrogen) atoms. The fourth-order valence-electron chi connectivity index (χ4n) is 4.38. The fraction of sp³-hybridized carbons (Fsp3) is 0.462. The number of amides is 2. The van der Waals surface area contributed by atoms with E-state index in [0.717, 1.165) is 36.3 Å². The van der Waals surface area contributed by atoms with Crippen LogP contribution in [0.1, 0.15) is 37.9 Å². The van der Waals surface area contributed by atoms with Crippen LogP contribution in [0.2, 0.25) is 0 Å². The molecule has 0 radical (unpaired) electrons. The van der Waals surface area contributed by atoms with Gasteiger partial charge in [0.2, 0.25) is 11.8 Å². The van der Waals surface area contributed by atoms with E-state index in [1.165, 1.54) is 0 Å². The lowest BCUT2D eigenvalue weighted by Gasteiger charge is -2.38. The van der Waals surface area contributed by atoms with E-state index in [9.17, 15) is 9.59 Å². The summed E-state index contributed by atoms with van der Waals surface area (Å²) in [5, 5.41) is 3.04. The Morgan fingerprint density at radius 2 is 1.53 bits per heavy atom. The Morgan fingerprint density at radius 1 is 0.906 bits per heavy atom. The van der Waals surface area contributed by atoms with Crippen molar-refractivity contribution in [3.8, 4) is 0 Å². The molecule has 3 rings (SSSR count). The van der Waals surface area contributed by atoms with Gasteiger partial charge in [-0.1, -0.05) is 69.3 Å². The van der Waals surface area contributed by atoms with E-state index in [0.29, 0.717) is 32.7 Å². The summed E-state index contributed by atoms with van der Waals surface area (Å²) < 4.78 is 0. The normalized spacial score (nSPS) is 15.6. The van der Waals surface area contributed by atoms with Gasteiger partial charge in [-0.25, -0.2) is 0 Å². The highest BCUT2D eigenvalue weighted by Crippen LogP contribution is 2.24. The maximum Gasteiger partial charge on any atom is 0.244 e. The summed E-state index contributed by atoms with van der Waals surface area (Å²) in [4.78, 5) is 32.4. The molecule has 1 N–H and O–H groups in total. The lowest BCUT2D eigenvalue weighted by Crippen LogP contribution is -2.53. The molecule has 2 aromatic rings. The number of para-hydroxylation sites is 1. The molecule has 172 valence electrons. The number of benzene rings is 2. The first kappa shape index (κ1) is 24.0. The minimum absolute atomic E-state index is 0.00372. The van der Waals surface area contributed by atoms with Crippen LogP contribution in [0.4, 0.5) is 5.69 Å². The number of likely N-dealkylation sites (N-methyl/N-ethyl adjacent to an activating group) is 1. The third-order valence-corrected chi connectivity index (χ3v) is 6.25. The molecule has 1 saturated heterocycles. The Hall–Kier alpha value is -2.70. The molecule has 0 aromatic heterocycles. The molecular formula is C26H36N4O2. The average Bonchev–Trinajstić information content (AvgIpc) is 2.83. The molecule has 0 saturated carbocycles. The molecule has 2 aromatic carbocycles. The van der Waals surface area contributed by atoms with Crippen molar-refractivity contribution in [3.05, 3.63) is 65.7 Å². The van der Waals surface area contributed by atoms with E-state index in [4.69, 9.17) is 0 Å². The molecule has 1 aliphatic rings. The van der Waals surface area contributed by atoms with Crippen LogP contribution >= 0.6 is 0 Å². The van der Waals surface area contributed by atoms with E-state index < -0.39 is 0 Å². The van der Waals surface area contributed by atoms with Gasteiger partial charge in [0.05, 0.1) is 6.54 Å². The van der Waals surface area contributed by atoms with Crippen molar-refractivity contribution in [2.45, 2.75) is 33.2 Å². The standard InChI is InChI=1S/C26H36N4O2/c1-4-21-12-10-11-15-23(21)27-24(31)20-28-16-18-30(19-17-28)26(32)25(29(5-2)6-3)22-13-8-7-9-14-22/h7-15,25H,4-6,16-20H2,1-3H3,(H,27,31). The topological polar surface area (TPSA) is 55.9 Å². The first-order valence-corrected chi connectivity index (χ1v) is 11.7. The zero-order valence-electron chi connectivity index (χ0n) is 19.6. The van der Waals surface area contributed by atoms with Crippen molar-refractivity contribution >= 4 is 17.5 Å². The van der Waals surface area contributed by atoms with Crippen molar-refractivity contribution in [3.63, 3.8) is 0 Å². The second-order valence-corrected chi connectivity index (χ2v) is 8.19. The number of carbonyl (C=O) groups excluding carboxylic acids is 2.